The molecule has 0 aromatic carbocycles. The van der Waals surface area contributed by atoms with Gasteiger partial charge in [0.25, 0.3) is 0 Å². The van der Waals surface area contributed by atoms with E-state index in [1.54, 1.807) is 0 Å². The molecule has 8 atom stereocenters. The van der Waals surface area contributed by atoms with Gasteiger partial charge in [-0.05, 0) is 0 Å². The number of hydrogen-bond donors (Lipinski definition) is 14. The Morgan fingerprint density at radius 3 is 0.939 bits per heavy atom. The first-order valence-electron chi connectivity index (χ1n) is 8.18. The van der Waals surface area contributed by atoms with Crippen LogP contribution < -0.4 is 0 Å². The SMILES string of the molecule is O=CC(O)C(O)C(O)C(O)CO.O=CC(O)C(O)C(O)C(O)CO.O=P(O)(O)OP(=O)(O)O. The summed E-state index contributed by atoms with van der Waals surface area (Å²) in [6.45, 7) is -1.52. The van der Waals surface area contributed by atoms with E-state index in [-0.39, 0.29) is 12.6 Å². The molecule has 0 amide bonds. The maximum atomic E-state index is 9.90. The third-order valence-corrected chi connectivity index (χ3v) is 4.76. The van der Waals surface area contributed by atoms with Crippen molar-refractivity contribution in [3.05, 3.63) is 0 Å². The van der Waals surface area contributed by atoms with E-state index in [0.717, 1.165) is 0 Å². The lowest BCUT2D eigenvalue weighted by molar-refractivity contribution is -0.136. The fraction of sp³-hybridized carbons (Fsp3) is 0.833. The number of carbonyl (C=O) groups is 2. The molecule has 0 fully saturated rings. The van der Waals surface area contributed by atoms with Crippen molar-refractivity contribution in [2.45, 2.75) is 48.8 Å². The Morgan fingerprint density at radius 2 is 0.818 bits per heavy atom. The Kier molecular flexibility index (Phi) is 19.6. The first-order chi connectivity index (χ1) is 14.8. The molecule has 0 spiro atoms. The normalized spacial score (nSPS) is 19.1. The van der Waals surface area contributed by atoms with Crippen molar-refractivity contribution in [2.24, 2.45) is 0 Å². The van der Waals surface area contributed by atoms with Gasteiger partial charge >= 0.3 is 15.6 Å². The van der Waals surface area contributed by atoms with Crippen LogP contribution in [0, 0.1) is 0 Å². The van der Waals surface area contributed by atoms with Crippen LogP contribution in [0.3, 0.4) is 0 Å². The van der Waals surface area contributed by atoms with Gasteiger partial charge in [0, 0.05) is 0 Å². The summed E-state index contributed by atoms with van der Waals surface area (Å²) in [4.78, 5) is 50.8. The highest BCUT2D eigenvalue weighted by Gasteiger charge is 2.30. The molecule has 0 aromatic heterocycles. The number of aliphatic hydroxyl groups excluding tert-OH is 10. The average Bonchev–Trinajstić information content (AvgIpc) is 2.72. The van der Waals surface area contributed by atoms with Crippen molar-refractivity contribution in [1.82, 2.24) is 0 Å². The minimum Gasteiger partial charge on any atom is -0.394 e. The van der Waals surface area contributed by atoms with E-state index < -0.39 is 77.7 Å². The van der Waals surface area contributed by atoms with Crippen molar-refractivity contribution in [1.29, 1.82) is 0 Å². The summed E-state index contributed by atoms with van der Waals surface area (Å²) in [7, 11) is -10.1. The molecule has 0 bridgehead atoms. The second-order valence-corrected chi connectivity index (χ2v) is 8.39. The smallest absolute Gasteiger partial charge is 0.394 e. The molecule has 0 saturated carbocycles. The van der Waals surface area contributed by atoms with E-state index in [1.165, 1.54) is 0 Å². The molecule has 0 saturated heterocycles. The zero-order valence-electron chi connectivity index (χ0n) is 16.4. The second-order valence-electron chi connectivity index (χ2n) is 5.78. The van der Waals surface area contributed by atoms with Crippen LogP contribution in [0.25, 0.3) is 0 Å². The molecule has 0 radical (unpaired) electrons. The lowest BCUT2D eigenvalue weighted by Gasteiger charge is -2.22. The van der Waals surface area contributed by atoms with Crippen LogP contribution in [0.4, 0.5) is 0 Å². The first-order valence-corrected chi connectivity index (χ1v) is 11.2. The zero-order chi connectivity index (χ0) is 27.2. The number of carbonyl (C=O) groups excluding carboxylic acids is 2. The summed E-state index contributed by atoms with van der Waals surface area (Å²) in [6, 6.07) is 0. The van der Waals surface area contributed by atoms with Crippen LogP contribution in [0.2, 0.25) is 0 Å². The highest BCUT2D eigenvalue weighted by molar-refractivity contribution is 7.60. The topological polar surface area (TPSA) is 361 Å². The van der Waals surface area contributed by atoms with Crippen molar-refractivity contribution < 1.29 is 93.7 Å². The molecule has 8 unspecified atom stereocenters. The van der Waals surface area contributed by atoms with Crippen molar-refractivity contribution in [3.63, 3.8) is 0 Å². The largest absolute Gasteiger partial charge is 0.478 e. The van der Waals surface area contributed by atoms with Gasteiger partial charge in [-0.1, -0.05) is 0 Å². The number of phosphoric acid groups is 2. The molecular formula is C12H28O19P2. The summed E-state index contributed by atoms with van der Waals surface area (Å²) in [5.41, 5.74) is 0. The van der Waals surface area contributed by atoms with Gasteiger partial charge in [-0.25, -0.2) is 9.13 Å². The van der Waals surface area contributed by atoms with Crippen molar-refractivity contribution in [3.8, 4) is 0 Å². The van der Waals surface area contributed by atoms with Gasteiger partial charge in [-0.3, -0.25) is 0 Å². The van der Waals surface area contributed by atoms with E-state index >= 15 is 0 Å². The highest BCUT2D eigenvalue weighted by atomic mass is 31.3. The number of rotatable bonds is 12. The lowest BCUT2D eigenvalue weighted by Crippen LogP contribution is -2.46. The van der Waals surface area contributed by atoms with Gasteiger partial charge in [0.1, 0.15) is 48.8 Å². The van der Waals surface area contributed by atoms with E-state index in [2.05, 4.69) is 4.31 Å². The minimum absolute atomic E-state index is 0.0258. The minimum atomic E-state index is -5.05. The standard InChI is InChI=1S/2C6H12O6.H4O7P2/c2*7-1-3(9)5(11)6(12)4(10)2-8;1-8(2,3)7-9(4,5)6/h2*1,3-6,8-12H,2H2;(H2,1,2,3)(H2,4,5,6). The van der Waals surface area contributed by atoms with Gasteiger partial charge in [-0.2, -0.15) is 4.31 Å². The molecule has 21 heteroatoms. The van der Waals surface area contributed by atoms with Crippen LogP contribution in [0.15, 0.2) is 0 Å². The van der Waals surface area contributed by atoms with Crippen molar-refractivity contribution in [2.75, 3.05) is 13.2 Å². The summed E-state index contributed by atoms with van der Waals surface area (Å²) in [5, 5.41) is 87.1. The quantitative estimate of drug-likeness (QED) is 0.0809. The molecular weight excluding hydrogens is 510 g/mol. The Labute approximate surface area is 184 Å². The third-order valence-electron chi connectivity index (χ3n) is 3.05. The maximum absolute atomic E-state index is 9.90. The van der Waals surface area contributed by atoms with Crippen LogP contribution in [-0.2, 0) is 23.0 Å². The van der Waals surface area contributed by atoms with Crippen LogP contribution >= 0.6 is 15.6 Å². The molecule has 0 heterocycles. The number of aliphatic hydroxyl groups is 10. The average molecular weight is 538 g/mol. The number of hydrogen-bond acceptors (Lipinski definition) is 15. The molecule has 200 valence electrons. The lowest BCUT2D eigenvalue weighted by atomic mass is 10.0. The highest BCUT2D eigenvalue weighted by Crippen LogP contribution is 2.53. The molecule has 0 aliphatic rings. The monoisotopic (exact) mass is 538 g/mol. The third kappa shape index (κ3) is 19.2. The summed E-state index contributed by atoms with van der Waals surface area (Å²) < 4.78 is 22.2. The van der Waals surface area contributed by atoms with E-state index in [0.29, 0.717) is 0 Å². The molecule has 14 N–H and O–H groups in total. The van der Waals surface area contributed by atoms with E-state index in [4.69, 9.17) is 70.6 Å². The van der Waals surface area contributed by atoms with E-state index in [1.807, 2.05) is 0 Å². The van der Waals surface area contributed by atoms with Crippen LogP contribution in [0.1, 0.15) is 0 Å². The summed E-state index contributed by atoms with van der Waals surface area (Å²) in [6.07, 6.45) is -13.7. The predicted octanol–water partition coefficient (Wildman–Crippen LogP) is -7.57. The zero-order valence-corrected chi connectivity index (χ0v) is 18.2. The van der Waals surface area contributed by atoms with Crippen molar-refractivity contribution >= 4 is 28.2 Å². The van der Waals surface area contributed by atoms with E-state index in [9.17, 15) is 18.7 Å². The van der Waals surface area contributed by atoms with Gasteiger partial charge in [0.2, 0.25) is 0 Å². The summed E-state index contributed by atoms with van der Waals surface area (Å²) >= 11 is 0. The molecule has 33 heavy (non-hydrogen) atoms. The molecule has 0 aliphatic heterocycles. The molecule has 0 aromatic rings. The Hall–Kier alpha value is -0.800. The van der Waals surface area contributed by atoms with Gasteiger partial charge in [0.05, 0.1) is 13.2 Å². The molecule has 0 rings (SSSR count). The van der Waals surface area contributed by atoms with Gasteiger partial charge in [0.15, 0.2) is 12.6 Å². The predicted molar refractivity (Wildman–Crippen MR) is 99.5 cm³/mol. The second kappa shape index (κ2) is 17.6. The summed E-state index contributed by atoms with van der Waals surface area (Å²) in [5.74, 6) is 0. The number of aldehydes is 2. The fourth-order valence-corrected chi connectivity index (χ4v) is 2.48. The first kappa shape index (κ1) is 36.8. The Bertz CT molecular complexity index is 568. The Morgan fingerprint density at radius 1 is 0.576 bits per heavy atom. The van der Waals surface area contributed by atoms with Gasteiger partial charge < -0.3 is 80.2 Å². The van der Waals surface area contributed by atoms with Crippen LogP contribution in [-0.4, -0.2) is 145 Å². The Balaban J connectivity index is -0.000000414. The van der Waals surface area contributed by atoms with Gasteiger partial charge in [-0.15, -0.1) is 0 Å². The molecule has 19 nitrogen and oxygen atoms in total. The maximum Gasteiger partial charge on any atom is 0.478 e. The molecule has 0 aliphatic carbocycles. The fourth-order valence-electron chi connectivity index (χ4n) is 1.37. The van der Waals surface area contributed by atoms with Crippen LogP contribution in [0.5, 0.6) is 0 Å².